The van der Waals surface area contributed by atoms with Crippen LogP contribution in [0.4, 0.5) is 0 Å². The molecule has 2 aliphatic rings. The van der Waals surface area contributed by atoms with E-state index in [1.54, 1.807) is 0 Å². The number of rotatable bonds is 3. The predicted octanol–water partition coefficient (Wildman–Crippen LogP) is 2.77. The van der Waals surface area contributed by atoms with Crippen molar-refractivity contribution in [2.24, 2.45) is 5.92 Å². The van der Waals surface area contributed by atoms with Crippen molar-refractivity contribution < 1.29 is 9.90 Å². The zero-order chi connectivity index (χ0) is 15.3. The lowest BCUT2D eigenvalue weighted by atomic mass is 9.72. The number of nitrogens with zero attached hydrogens (tertiary/aromatic N) is 1. The molecular weight excluding hydrogens is 276 g/mol. The van der Waals surface area contributed by atoms with Crippen molar-refractivity contribution in [1.29, 1.82) is 0 Å². The number of hydrogen-bond donors (Lipinski definition) is 2. The summed E-state index contributed by atoms with van der Waals surface area (Å²) in [4.78, 5) is 17.2. The molecule has 0 spiro atoms. The van der Waals surface area contributed by atoms with Crippen LogP contribution in [0.3, 0.4) is 0 Å². The highest BCUT2D eigenvalue weighted by atomic mass is 16.4. The summed E-state index contributed by atoms with van der Waals surface area (Å²) in [6, 6.07) is 6.72. The molecule has 1 fully saturated rings. The Morgan fingerprint density at radius 2 is 2.36 bits per heavy atom. The van der Waals surface area contributed by atoms with E-state index in [4.69, 9.17) is 0 Å². The number of aliphatic carboxylic acids is 1. The molecule has 4 rings (SSSR count). The van der Waals surface area contributed by atoms with E-state index in [-0.39, 0.29) is 5.92 Å². The molecule has 1 aliphatic carbocycles. The highest BCUT2D eigenvalue weighted by molar-refractivity contribution is 5.88. The molecule has 0 radical (unpaired) electrons. The van der Waals surface area contributed by atoms with E-state index in [9.17, 15) is 9.90 Å². The molecule has 3 atom stereocenters. The van der Waals surface area contributed by atoms with E-state index >= 15 is 0 Å². The third kappa shape index (κ3) is 1.91. The number of H-pyrrole nitrogens is 1. The Morgan fingerprint density at radius 3 is 3.14 bits per heavy atom. The van der Waals surface area contributed by atoms with Crippen LogP contribution in [-0.4, -0.2) is 40.1 Å². The van der Waals surface area contributed by atoms with Crippen molar-refractivity contribution in [2.45, 2.75) is 24.8 Å². The number of carboxylic acid groups (broad SMARTS) is 1. The number of nitrogens with one attached hydrogen (secondary N) is 1. The summed E-state index contributed by atoms with van der Waals surface area (Å²) in [5, 5.41) is 10.8. The first kappa shape index (κ1) is 13.6. The van der Waals surface area contributed by atoms with Gasteiger partial charge in [-0.25, -0.2) is 0 Å². The second-order valence-corrected chi connectivity index (χ2v) is 6.48. The number of fused-ring (bicyclic) bond motifs is 2. The van der Waals surface area contributed by atoms with Gasteiger partial charge in [-0.3, -0.25) is 9.69 Å². The SMILES string of the molecule is C=CCN1CC(C(=O)O)CC2c3cccc4[nH]cc(c34)CC21. The third-order valence-corrected chi connectivity index (χ3v) is 5.29. The van der Waals surface area contributed by atoms with E-state index < -0.39 is 5.97 Å². The Labute approximate surface area is 129 Å². The summed E-state index contributed by atoms with van der Waals surface area (Å²) in [6.45, 7) is 5.21. The second-order valence-electron chi connectivity index (χ2n) is 6.48. The van der Waals surface area contributed by atoms with Gasteiger partial charge in [-0.1, -0.05) is 18.2 Å². The van der Waals surface area contributed by atoms with Gasteiger partial charge in [0.2, 0.25) is 0 Å². The van der Waals surface area contributed by atoms with Crippen LogP contribution >= 0.6 is 0 Å². The zero-order valence-electron chi connectivity index (χ0n) is 12.5. The average molecular weight is 296 g/mol. The summed E-state index contributed by atoms with van der Waals surface area (Å²) >= 11 is 0. The zero-order valence-corrected chi connectivity index (χ0v) is 12.5. The summed E-state index contributed by atoms with van der Waals surface area (Å²) in [5.74, 6) is -0.682. The number of benzene rings is 1. The van der Waals surface area contributed by atoms with Crippen LogP contribution in [0.15, 0.2) is 37.1 Å². The largest absolute Gasteiger partial charge is 0.481 e. The lowest BCUT2D eigenvalue weighted by Gasteiger charge is -2.45. The Hall–Kier alpha value is -2.07. The lowest BCUT2D eigenvalue weighted by molar-refractivity contribution is -0.144. The maximum atomic E-state index is 11.6. The van der Waals surface area contributed by atoms with Crippen LogP contribution < -0.4 is 0 Å². The molecule has 0 bridgehead atoms. The molecule has 22 heavy (non-hydrogen) atoms. The normalized spacial score (nSPS) is 27.5. The first-order valence-electron chi connectivity index (χ1n) is 7.85. The molecule has 2 N–H and O–H groups in total. The van der Waals surface area contributed by atoms with Crippen LogP contribution in [0.25, 0.3) is 10.9 Å². The van der Waals surface area contributed by atoms with E-state index in [0.717, 1.165) is 19.4 Å². The van der Waals surface area contributed by atoms with Crippen LogP contribution in [0.1, 0.15) is 23.5 Å². The van der Waals surface area contributed by atoms with E-state index in [1.165, 1.54) is 22.0 Å². The van der Waals surface area contributed by atoms with Gasteiger partial charge in [-0.2, -0.15) is 0 Å². The second kappa shape index (κ2) is 4.99. The van der Waals surface area contributed by atoms with Gasteiger partial charge in [-0.15, -0.1) is 6.58 Å². The summed E-state index contributed by atoms with van der Waals surface area (Å²) in [5.41, 5.74) is 3.83. The van der Waals surface area contributed by atoms with Crippen LogP contribution in [0, 0.1) is 5.92 Å². The molecule has 1 aromatic carbocycles. The van der Waals surface area contributed by atoms with Crippen molar-refractivity contribution in [3.63, 3.8) is 0 Å². The Bertz CT molecular complexity index is 749. The van der Waals surface area contributed by atoms with Gasteiger partial charge < -0.3 is 10.1 Å². The van der Waals surface area contributed by atoms with Crippen molar-refractivity contribution in [3.05, 3.63) is 48.2 Å². The highest BCUT2D eigenvalue weighted by Gasteiger charge is 2.42. The fourth-order valence-electron chi connectivity index (χ4n) is 4.35. The standard InChI is InChI=1S/C18H20N2O2/c1-2-6-20-10-12(18(21)22)7-14-13-4-3-5-15-17(13)11(9-19-15)8-16(14)20/h2-5,9,12,14,16,19H,1,6-8,10H2,(H,21,22). The maximum Gasteiger partial charge on any atom is 0.307 e. The molecule has 0 amide bonds. The average Bonchev–Trinajstić information content (AvgIpc) is 2.93. The Morgan fingerprint density at radius 1 is 1.50 bits per heavy atom. The summed E-state index contributed by atoms with van der Waals surface area (Å²) in [7, 11) is 0. The van der Waals surface area contributed by atoms with Crippen molar-refractivity contribution >= 4 is 16.9 Å². The van der Waals surface area contributed by atoms with Gasteiger partial charge in [-0.05, 0) is 30.0 Å². The van der Waals surface area contributed by atoms with Gasteiger partial charge >= 0.3 is 5.97 Å². The van der Waals surface area contributed by atoms with Crippen LogP contribution in [0.5, 0.6) is 0 Å². The third-order valence-electron chi connectivity index (χ3n) is 5.29. The van der Waals surface area contributed by atoms with Gasteiger partial charge in [0, 0.05) is 42.1 Å². The van der Waals surface area contributed by atoms with Crippen molar-refractivity contribution in [1.82, 2.24) is 9.88 Å². The minimum atomic E-state index is -0.681. The quantitative estimate of drug-likeness (QED) is 0.856. The van der Waals surface area contributed by atoms with E-state index in [1.807, 2.05) is 6.08 Å². The molecule has 4 nitrogen and oxygen atoms in total. The lowest BCUT2D eigenvalue weighted by Crippen LogP contribution is -2.51. The van der Waals surface area contributed by atoms with E-state index in [2.05, 4.69) is 40.9 Å². The van der Waals surface area contributed by atoms with Crippen molar-refractivity contribution in [3.8, 4) is 0 Å². The Balaban J connectivity index is 1.82. The minimum absolute atomic E-state index is 0.293. The fraction of sp³-hybridized carbons (Fsp3) is 0.389. The first-order valence-corrected chi connectivity index (χ1v) is 7.85. The van der Waals surface area contributed by atoms with Gasteiger partial charge in [0.25, 0.3) is 0 Å². The van der Waals surface area contributed by atoms with Gasteiger partial charge in [0.05, 0.1) is 5.92 Å². The highest BCUT2D eigenvalue weighted by Crippen LogP contribution is 2.44. The number of aromatic amines is 1. The molecule has 114 valence electrons. The van der Waals surface area contributed by atoms with Crippen LogP contribution in [-0.2, 0) is 11.2 Å². The summed E-state index contributed by atoms with van der Waals surface area (Å²) < 4.78 is 0. The molecule has 1 aliphatic heterocycles. The molecule has 1 aromatic heterocycles. The number of piperidine rings is 1. The Kier molecular flexibility index (Phi) is 3.08. The molecule has 4 heteroatoms. The monoisotopic (exact) mass is 296 g/mol. The molecule has 3 unspecified atom stereocenters. The number of likely N-dealkylation sites (tertiary alicyclic amines) is 1. The smallest absolute Gasteiger partial charge is 0.307 e. The number of carbonyl (C=O) groups is 1. The number of hydrogen-bond acceptors (Lipinski definition) is 2. The molecule has 2 aromatic rings. The minimum Gasteiger partial charge on any atom is -0.481 e. The molecule has 0 saturated carbocycles. The molecular formula is C18H20N2O2. The number of carboxylic acids is 1. The predicted molar refractivity (Wildman–Crippen MR) is 86.0 cm³/mol. The van der Waals surface area contributed by atoms with Gasteiger partial charge in [0.1, 0.15) is 0 Å². The summed E-state index contributed by atoms with van der Waals surface area (Å²) in [6.07, 6.45) is 5.72. The fourth-order valence-corrected chi connectivity index (χ4v) is 4.35. The van der Waals surface area contributed by atoms with E-state index in [0.29, 0.717) is 18.5 Å². The van der Waals surface area contributed by atoms with Gasteiger partial charge in [0.15, 0.2) is 0 Å². The van der Waals surface area contributed by atoms with Crippen molar-refractivity contribution in [2.75, 3.05) is 13.1 Å². The molecule has 1 saturated heterocycles. The first-order chi connectivity index (χ1) is 10.7. The van der Waals surface area contributed by atoms with Crippen LogP contribution in [0.2, 0.25) is 0 Å². The maximum absolute atomic E-state index is 11.6. The number of aromatic nitrogens is 1. The topological polar surface area (TPSA) is 56.3 Å². The molecule has 2 heterocycles.